The smallest absolute Gasteiger partial charge is 0.267 e. The first-order chi connectivity index (χ1) is 11.6. The zero-order valence-electron chi connectivity index (χ0n) is 14.0. The molecule has 4 heteroatoms. The topological polar surface area (TPSA) is 64.9 Å². The van der Waals surface area contributed by atoms with Crippen LogP contribution in [0.3, 0.4) is 0 Å². The van der Waals surface area contributed by atoms with Gasteiger partial charge in [-0.05, 0) is 37.5 Å². The molecule has 24 heavy (non-hydrogen) atoms. The molecule has 0 saturated heterocycles. The Bertz CT molecular complexity index is 787. The van der Waals surface area contributed by atoms with Crippen molar-refractivity contribution in [2.75, 3.05) is 11.9 Å². The summed E-state index contributed by atoms with van der Waals surface area (Å²) in [5.41, 5.74) is 4.17. The third-order valence-corrected chi connectivity index (χ3v) is 3.65. The average molecular weight is 319 g/mol. The van der Waals surface area contributed by atoms with Crippen LogP contribution in [0.2, 0.25) is 0 Å². The summed E-state index contributed by atoms with van der Waals surface area (Å²) in [6, 6.07) is 17.7. The fraction of sp³-hybridized carbons (Fsp3) is 0.200. The highest BCUT2D eigenvalue weighted by Gasteiger charge is 2.10. The van der Waals surface area contributed by atoms with Crippen LogP contribution in [0.1, 0.15) is 16.7 Å². The molecule has 2 aromatic carbocycles. The first-order valence-electron chi connectivity index (χ1n) is 7.86. The maximum absolute atomic E-state index is 12.2. The number of amides is 1. The number of hydrogen-bond acceptors (Lipinski definition) is 3. The third kappa shape index (κ3) is 4.99. The molecule has 2 N–H and O–H groups in total. The number of carbonyl (C=O) groups excluding carboxylic acids is 1. The van der Waals surface area contributed by atoms with Gasteiger partial charge in [-0.2, -0.15) is 5.26 Å². The maximum Gasteiger partial charge on any atom is 0.267 e. The zero-order chi connectivity index (χ0) is 17.4. The van der Waals surface area contributed by atoms with Gasteiger partial charge < -0.3 is 10.6 Å². The predicted molar refractivity (Wildman–Crippen MR) is 96.4 cm³/mol. The lowest BCUT2D eigenvalue weighted by atomic mass is 10.1. The first-order valence-corrected chi connectivity index (χ1v) is 7.86. The Kier molecular flexibility index (Phi) is 6.16. The van der Waals surface area contributed by atoms with Crippen molar-refractivity contribution in [1.29, 1.82) is 5.26 Å². The van der Waals surface area contributed by atoms with Crippen molar-refractivity contribution in [3.05, 3.63) is 77.0 Å². The van der Waals surface area contributed by atoms with Gasteiger partial charge in [0.05, 0.1) is 0 Å². The van der Waals surface area contributed by atoms with Gasteiger partial charge in [0.15, 0.2) is 0 Å². The second-order valence-electron chi connectivity index (χ2n) is 5.63. The summed E-state index contributed by atoms with van der Waals surface area (Å²) in [5.74, 6) is -0.408. The molecule has 0 bridgehead atoms. The summed E-state index contributed by atoms with van der Waals surface area (Å²) in [6.07, 6.45) is 2.31. The second-order valence-corrected chi connectivity index (χ2v) is 5.63. The molecule has 0 fully saturated rings. The van der Waals surface area contributed by atoms with Crippen molar-refractivity contribution < 1.29 is 4.79 Å². The van der Waals surface area contributed by atoms with E-state index in [0.717, 1.165) is 12.0 Å². The molecule has 0 aliphatic rings. The van der Waals surface area contributed by atoms with Crippen molar-refractivity contribution in [3.63, 3.8) is 0 Å². The van der Waals surface area contributed by atoms with E-state index in [1.807, 2.05) is 43.3 Å². The van der Waals surface area contributed by atoms with Crippen LogP contribution in [-0.4, -0.2) is 12.5 Å². The molecule has 0 saturated carbocycles. The molecule has 0 radical (unpaired) electrons. The average Bonchev–Trinajstić information content (AvgIpc) is 2.57. The van der Waals surface area contributed by atoms with Gasteiger partial charge in [0.1, 0.15) is 11.6 Å². The number of rotatable bonds is 6. The molecular formula is C20H21N3O. The van der Waals surface area contributed by atoms with Crippen molar-refractivity contribution in [2.45, 2.75) is 20.3 Å². The number of hydrogen-bond donors (Lipinski definition) is 2. The molecule has 2 rings (SSSR count). The van der Waals surface area contributed by atoms with Gasteiger partial charge in [0.25, 0.3) is 5.91 Å². The highest BCUT2D eigenvalue weighted by molar-refractivity contribution is 6.06. The van der Waals surface area contributed by atoms with Gasteiger partial charge in [0, 0.05) is 18.4 Å². The Morgan fingerprint density at radius 3 is 2.67 bits per heavy atom. The fourth-order valence-corrected chi connectivity index (χ4v) is 2.31. The number of nitrogens with one attached hydrogen (secondary N) is 2. The van der Waals surface area contributed by atoms with E-state index in [2.05, 4.69) is 35.8 Å². The van der Waals surface area contributed by atoms with Gasteiger partial charge in [0.2, 0.25) is 0 Å². The molecule has 1 amide bonds. The van der Waals surface area contributed by atoms with E-state index in [1.54, 1.807) is 0 Å². The quantitative estimate of drug-likeness (QED) is 0.487. The monoisotopic (exact) mass is 319 g/mol. The Balaban J connectivity index is 1.90. The van der Waals surface area contributed by atoms with Crippen LogP contribution < -0.4 is 10.6 Å². The third-order valence-electron chi connectivity index (χ3n) is 3.65. The number of benzene rings is 2. The largest absolute Gasteiger partial charge is 0.389 e. The zero-order valence-corrected chi connectivity index (χ0v) is 14.0. The lowest BCUT2D eigenvalue weighted by Gasteiger charge is -2.08. The van der Waals surface area contributed by atoms with E-state index in [9.17, 15) is 10.1 Å². The van der Waals surface area contributed by atoms with Crippen molar-refractivity contribution in [3.8, 4) is 6.07 Å². The first kappa shape index (κ1) is 17.3. The number of para-hydroxylation sites is 1. The molecule has 122 valence electrons. The number of nitriles is 1. The van der Waals surface area contributed by atoms with Crippen LogP contribution in [0, 0.1) is 25.2 Å². The van der Waals surface area contributed by atoms with Gasteiger partial charge >= 0.3 is 0 Å². The molecule has 0 heterocycles. The minimum absolute atomic E-state index is 0.0579. The van der Waals surface area contributed by atoms with Crippen LogP contribution in [0.15, 0.2) is 60.3 Å². The van der Waals surface area contributed by atoms with Crippen LogP contribution in [0.5, 0.6) is 0 Å². The van der Waals surface area contributed by atoms with Gasteiger partial charge in [-0.3, -0.25) is 4.79 Å². The number of aryl methyl sites for hydroxylation is 2. The normalized spacial score (nSPS) is 10.8. The summed E-state index contributed by atoms with van der Waals surface area (Å²) in [5, 5.41) is 15.0. The number of anilines is 1. The van der Waals surface area contributed by atoms with Crippen molar-refractivity contribution in [1.82, 2.24) is 5.32 Å². The standard InChI is InChI=1S/C20H21N3O/c1-15-6-5-8-17(12-15)10-11-22-14-18(13-21)20(24)23-19-9-4-3-7-16(19)2/h3-9,12,14,22H,10-11H2,1-2H3,(H,23,24)/b18-14-. The molecular weight excluding hydrogens is 298 g/mol. The molecule has 0 aromatic heterocycles. The van der Waals surface area contributed by atoms with E-state index >= 15 is 0 Å². The second kappa shape index (κ2) is 8.54. The van der Waals surface area contributed by atoms with Crippen LogP contribution >= 0.6 is 0 Å². The summed E-state index contributed by atoms with van der Waals surface area (Å²) < 4.78 is 0. The van der Waals surface area contributed by atoms with E-state index in [1.165, 1.54) is 17.3 Å². The molecule has 0 atom stereocenters. The highest BCUT2D eigenvalue weighted by atomic mass is 16.1. The lowest BCUT2D eigenvalue weighted by Crippen LogP contribution is -2.18. The molecule has 0 unspecified atom stereocenters. The predicted octanol–water partition coefficient (Wildman–Crippen LogP) is 3.48. The van der Waals surface area contributed by atoms with Crippen LogP contribution in [-0.2, 0) is 11.2 Å². The number of carbonyl (C=O) groups is 1. The van der Waals surface area contributed by atoms with E-state index in [4.69, 9.17) is 0 Å². The maximum atomic E-state index is 12.2. The molecule has 4 nitrogen and oxygen atoms in total. The van der Waals surface area contributed by atoms with Gasteiger partial charge in [-0.1, -0.05) is 48.0 Å². The molecule has 0 aliphatic heterocycles. The van der Waals surface area contributed by atoms with E-state index in [-0.39, 0.29) is 5.57 Å². The van der Waals surface area contributed by atoms with Crippen molar-refractivity contribution in [2.24, 2.45) is 0 Å². The Morgan fingerprint density at radius 2 is 1.96 bits per heavy atom. The SMILES string of the molecule is Cc1cccc(CCN/C=C(/C#N)C(=O)Nc2ccccc2C)c1. The van der Waals surface area contributed by atoms with Crippen LogP contribution in [0.4, 0.5) is 5.69 Å². The molecule has 0 aliphatic carbocycles. The Labute approximate surface area is 142 Å². The molecule has 2 aromatic rings. The van der Waals surface area contributed by atoms with Crippen LogP contribution in [0.25, 0.3) is 0 Å². The van der Waals surface area contributed by atoms with Gasteiger partial charge in [-0.15, -0.1) is 0 Å². The van der Waals surface area contributed by atoms with E-state index in [0.29, 0.717) is 12.2 Å². The summed E-state index contributed by atoms with van der Waals surface area (Å²) in [7, 11) is 0. The van der Waals surface area contributed by atoms with Crippen molar-refractivity contribution >= 4 is 11.6 Å². The fourth-order valence-electron chi connectivity index (χ4n) is 2.31. The molecule has 0 spiro atoms. The summed E-state index contributed by atoms with van der Waals surface area (Å²) in [6.45, 7) is 4.62. The highest BCUT2D eigenvalue weighted by Crippen LogP contribution is 2.14. The minimum Gasteiger partial charge on any atom is -0.389 e. The lowest BCUT2D eigenvalue weighted by molar-refractivity contribution is -0.112. The number of nitrogens with zero attached hydrogens (tertiary/aromatic N) is 1. The minimum atomic E-state index is -0.408. The Morgan fingerprint density at radius 1 is 1.17 bits per heavy atom. The van der Waals surface area contributed by atoms with Gasteiger partial charge in [-0.25, -0.2) is 0 Å². The Hall–Kier alpha value is -3.06. The van der Waals surface area contributed by atoms with E-state index < -0.39 is 5.91 Å². The summed E-state index contributed by atoms with van der Waals surface area (Å²) >= 11 is 0. The summed E-state index contributed by atoms with van der Waals surface area (Å²) in [4.78, 5) is 12.2.